The first-order valence-electron chi connectivity index (χ1n) is 11.3. The van der Waals surface area contributed by atoms with Crippen LogP contribution in [-0.4, -0.2) is 39.8 Å². The second kappa shape index (κ2) is 7.69. The summed E-state index contributed by atoms with van der Waals surface area (Å²) in [5.41, 5.74) is 4.38. The van der Waals surface area contributed by atoms with Gasteiger partial charge in [0.15, 0.2) is 0 Å². The number of rotatable bonds is 3. The van der Waals surface area contributed by atoms with Gasteiger partial charge in [0, 0.05) is 55.9 Å². The minimum atomic E-state index is -0.445. The number of likely N-dealkylation sites (tertiary alicyclic amines) is 1. The number of aromatic nitrogens is 2. The van der Waals surface area contributed by atoms with E-state index in [9.17, 15) is 4.79 Å². The molecule has 6 nitrogen and oxygen atoms in total. The van der Waals surface area contributed by atoms with Crippen LogP contribution in [-0.2, 0) is 12.6 Å². The molecule has 3 aromatic rings. The van der Waals surface area contributed by atoms with Gasteiger partial charge in [-0.05, 0) is 56.7 Å². The van der Waals surface area contributed by atoms with Crippen molar-refractivity contribution in [1.82, 2.24) is 14.7 Å². The van der Waals surface area contributed by atoms with E-state index >= 15 is 0 Å². The van der Waals surface area contributed by atoms with Gasteiger partial charge < -0.3 is 14.4 Å². The summed E-state index contributed by atoms with van der Waals surface area (Å²) < 4.78 is 14.3. The molecule has 1 aromatic heterocycles. The van der Waals surface area contributed by atoms with Crippen LogP contribution in [0.1, 0.15) is 48.2 Å². The van der Waals surface area contributed by atoms with Crippen molar-refractivity contribution in [2.45, 2.75) is 45.3 Å². The molecule has 0 saturated carbocycles. The van der Waals surface area contributed by atoms with Crippen molar-refractivity contribution in [2.24, 2.45) is 7.05 Å². The fourth-order valence-electron chi connectivity index (χ4n) is 4.83. The minimum absolute atomic E-state index is 0.0571. The third kappa shape index (κ3) is 3.44. The zero-order valence-corrected chi connectivity index (χ0v) is 19.1. The number of nitrogens with zero attached hydrogens (tertiary/aromatic N) is 3. The molecule has 0 unspecified atom stereocenters. The highest BCUT2D eigenvalue weighted by Gasteiger charge is 2.45. The maximum absolute atomic E-state index is 13.2. The Hall–Kier alpha value is -3.28. The van der Waals surface area contributed by atoms with Gasteiger partial charge in [-0.25, -0.2) is 0 Å². The van der Waals surface area contributed by atoms with Crippen molar-refractivity contribution in [3.63, 3.8) is 0 Å². The fraction of sp³-hybridized carbons (Fsp3) is 0.385. The van der Waals surface area contributed by atoms with E-state index in [-0.39, 0.29) is 12.0 Å². The molecule has 2 aliphatic rings. The van der Waals surface area contributed by atoms with Gasteiger partial charge in [0.2, 0.25) is 0 Å². The maximum Gasteiger partial charge on any atom is 0.253 e. The van der Waals surface area contributed by atoms with Crippen LogP contribution < -0.4 is 9.47 Å². The number of benzene rings is 2. The molecule has 0 N–H and O–H groups in total. The normalized spacial score (nSPS) is 16.5. The summed E-state index contributed by atoms with van der Waals surface area (Å²) in [5.74, 6) is 1.75. The van der Waals surface area contributed by atoms with Gasteiger partial charge >= 0.3 is 0 Å². The van der Waals surface area contributed by atoms with Crippen molar-refractivity contribution in [3.05, 3.63) is 65.4 Å². The smallest absolute Gasteiger partial charge is 0.253 e. The van der Waals surface area contributed by atoms with E-state index in [0.29, 0.717) is 18.7 Å². The highest BCUT2D eigenvalue weighted by atomic mass is 16.5. The van der Waals surface area contributed by atoms with E-state index < -0.39 is 5.60 Å². The van der Waals surface area contributed by atoms with Gasteiger partial charge in [0.1, 0.15) is 22.8 Å². The molecular formula is C26H29N3O3. The van der Waals surface area contributed by atoms with Crippen LogP contribution in [0.25, 0.3) is 11.3 Å². The third-order valence-electron chi connectivity index (χ3n) is 6.41. The summed E-state index contributed by atoms with van der Waals surface area (Å²) in [6.07, 6.45) is 3.64. The Balaban J connectivity index is 1.36. The van der Waals surface area contributed by atoms with Gasteiger partial charge in [0.05, 0.1) is 6.10 Å². The highest BCUT2D eigenvalue weighted by Crippen LogP contribution is 2.48. The quantitative estimate of drug-likeness (QED) is 0.603. The Labute approximate surface area is 188 Å². The molecular weight excluding hydrogens is 402 g/mol. The van der Waals surface area contributed by atoms with Crippen LogP contribution in [0.15, 0.2) is 48.7 Å². The van der Waals surface area contributed by atoms with E-state index in [4.69, 9.17) is 14.6 Å². The van der Waals surface area contributed by atoms with E-state index in [1.54, 1.807) is 0 Å². The lowest BCUT2D eigenvalue weighted by atomic mass is 9.81. The van der Waals surface area contributed by atoms with E-state index in [0.717, 1.165) is 46.7 Å². The zero-order valence-electron chi connectivity index (χ0n) is 19.1. The average molecular weight is 432 g/mol. The highest BCUT2D eigenvalue weighted by molar-refractivity contribution is 5.94. The molecule has 1 saturated heterocycles. The number of carbonyl (C=O) groups is 1. The van der Waals surface area contributed by atoms with Crippen molar-refractivity contribution in [3.8, 4) is 22.8 Å². The maximum atomic E-state index is 13.2. The molecule has 0 aliphatic carbocycles. The first kappa shape index (κ1) is 20.6. The average Bonchev–Trinajstić information content (AvgIpc) is 3.18. The first-order valence-corrected chi connectivity index (χ1v) is 11.3. The van der Waals surface area contributed by atoms with Crippen molar-refractivity contribution >= 4 is 5.91 Å². The summed E-state index contributed by atoms with van der Waals surface area (Å²) in [5, 5.41) is 4.73. The second-order valence-corrected chi connectivity index (χ2v) is 9.10. The molecule has 2 aromatic carbocycles. The first-order chi connectivity index (χ1) is 15.4. The summed E-state index contributed by atoms with van der Waals surface area (Å²) in [4.78, 5) is 15.2. The SMILES string of the molecule is Cc1cc(C(=O)N2CCC3(CC2)Oc2ccccc2-c2nn(C)cc23)ccc1OC(C)C. The Morgan fingerprint density at radius 1 is 1.16 bits per heavy atom. The lowest BCUT2D eigenvalue weighted by molar-refractivity contribution is -0.00166. The molecule has 32 heavy (non-hydrogen) atoms. The predicted octanol–water partition coefficient (Wildman–Crippen LogP) is 4.71. The molecule has 2 aliphatic heterocycles. The largest absolute Gasteiger partial charge is 0.491 e. The van der Waals surface area contributed by atoms with E-state index in [2.05, 4.69) is 12.3 Å². The summed E-state index contributed by atoms with van der Waals surface area (Å²) in [7, 11) is 1.95. The number of aryl methyl sites for hydroxylation is 2. The molecule has 6 heteroatoms. The Morgan fingerprint density at radius 2 is 1.91 bits per heavy atom. The second-order valence-electron chi connectivity index (χ2n) is 9.10. The summed E-state index contributed by atoms with van der Waals surface area (Å²) in [6, 6.07) is 13.8. The van der Waals surface area contributed by atoms with Crippen LogP contribution in [0.2, 0.25) is 0 Å². The number of fused-ring (bicyclic) bond motifs is 4. The molecule has 0 bridgehead atoms. The van der Waals surface area contributed by atoms with Gasteiger partial charge in [-0.15, -0.1) is 0 Å². The lowest BCUT2D eigenvalue weighted by Gasteiger charge is -2.44. The van der Waals surface area contributed by atoms with Crippen LogP contribution >= 0.6 is 0 Å². The van der Waals surface area contributed by atoms with Crippen molar-refractivity contribution in [2.75, 3.05) is 13.1 Å². The number of piperidine rings is 1. The van der Waals surface area contributed by atoms with Crippen LogP contribution in [0, 0.1) is 6.92 Å². The van der Waals surface area contributed by atoms with Crippen LogP contribution in [0.3, 0.4) is 0 Å². The summed E-state index contributed by atoms with van der Waals surface area (Å²) in [6.45, 7) is 7.26. The monoisotopic (exact) mass is 431 g/mol. The third-order valence-corrected chi connectivity index (χ3v) is 6.41. The number of ether oxygens (including phenoxy) is 2. The number of para-hydroxylation sites is 1. The topological polar surface area (TPSA) is 56.6 Å². The van der Waals surface area contributed by atoms with Crippen LogP contribution in [0.5, 0.6) is 11.5 Å². The number of hydrogen-bond acceptors (Lipinski definition) is 4. The molecule has 5 rings (SSSR count). The Morgan fingerprint density at radius 3 is 2.62 bits per heavy atom. The van der Waals surface area contributed by atoms with Gasteiger partial charge in [-0.2, -0.15) is 5.10 Å². The van der Waals surface area contributed by atoms with E-state index in [1.165, 1.54) is 0 Å². The van der Waals surface area contributed by atoms with Crippen molar-refractivity contribution in [1.29, 1.82) is 0 Å². The molecule has 0 atom stereocenters. The van der Waals surface area contributed by atoms with Crippen LogP contribution in [0.4, 0.5) is 0 Å². The lowest BCUT2D eigenvalue weighted by Crippen LogP contribution is -2.49. The Bertz CT molecular complexity index is 1170. The standard InChI is InChI=1S/C26H29N3O3/c1-17(2)31-22-10-9-19(15-18(22)3)25(30)29-13-11-26(12-14-29)21-16-28(4)27-24(21)20-7-5-6-8-23(20)32-26/h5-10,15-17H,11-14H2,1-4H3. The molecule has 1 spiro atoms. The number of hydrogen-bond donors (Lipinski definition) is 0. The predicted molar refractivity (Wildman–Crippen MR) is 123 cm³/mol. The Kier molecular flexibility index (Phi) is 4.96. The molecule has 166 valence electrons. The van der Waals surface area contributed by atoms with Gasteiger partial charge in [0.25, 0.3) is 5.91 Å². The van der Waals surface area contributed by atoms with Crippen molar-refractivity contribution < 1.29 is 14.3 Å². The molecule has 3 heterocycles. The zero-order chi connectivity index (χ0) is 22.5. The molecule has 1 fully saturated rings. The van der Waals surface area contributed by atoms with Gasteiger partial charge in [-0.3, -0.25) is 9.48 Å². The van der Waals surface area contributed by atoms with Gasteiger partial charge in [-0.1, -0.05) is 12.1 Å². The fourth-order valence-corrected chi connectivity index (χ4v) is 4.83. The molecule has 1 amide bonds. The minimum Gasteiger partial charge on any atom is -0.491 e. The van der Waals surface area contributed by atoms with E-state index in [1.807, 2.05) is 73.8 Å². The number of amides is 1. The summed E-state index contributed by atoms with van der Waals surface area (Å²) >= 11 is 0. The number of carbonyl (C=O) groups excluding carboxylic acids is 1. The molecule has 0 radical (unpaired) electrons.